The third-order valence-electron chi connectivity index (χ3n) is 2.33. The first-order valence-electron chi connectivity index (χ1n) is 5.32. The quantitative estimate of drug-likeness (QED) is 0.874. The molecule has 0 amide bonds. The maximum Gasteiger partial charge on any atom is 0.136 e. The van der Waals surface area contributed by atoms with Crippen LogP contribution in [0.3, 0.4) is 0 Å². The summed E-state index contributed by atoms with van der Waals surface area (Å²) in [6.07, 6.45) is 0.897. The Bertz CT molecular complexity index is 331. The number of benzene rings is 1. The van der Waals surface area contributed by atoms with Crippen molar-refractivity contribution in [1.82, 2.24) is 0 Å². The molecule has 0 aliphatic carbocycles. The summed E-state index contributed by atoms with van der Waals surface area (Å²) in [4.78, 5) is 0. The fourth-order valence-corrected chi connectivity index (χ4v) is 1.86. The largest absolute Gasteiger partial charge is 0.489 e. The molecule has 16 heavy (non-hydrogen) atoms. The maximum atomic E-state index is 5.75. The number of nitrogens with two attached hydrogens (primary N) is 1. The lowest BCUT2D eigenvalue weighted by molar-refractivity contribution is 0.0710. The highest BCUT2D eigenvalue weighted by atomic mass is 79.9. The molecule has 0 aromatic heterocycles. The van der Waals surface area contributed by atoms with Gasteiger partial charge in [0.2, 0.25) is 0 Å². The smallest absolute Gasteiger partial charge is 0.136 e. The van der Waals surface area contributed by atoms with Crippen LogP contribution in [-0.4, -0.2) is 26.4 Å². The summed E-state index contributed by atoms with van der Waals surface area (Å²) in [6.45, 7) is 3.13. The van der Waals surface area contributed by atoms with Gasteiger partial charge in [0.25, 0.3) is 0 Å². The lowest BCUT2D eigenvalue weighted by Crippen LogP contribution is -2.17. The van der Waals surface area contributed by atoms with E-state index in [0.717, 1.165) is 22.2 Å². The van der Waals surface area contributed by atoms with Crippen LogP contribution in [0, 0.1) is 0 Å². The number of ether oxygens (including phenoxy) is 2. The van der Waals surface area contributed by atoms with Crippen molar-refractivity contribution in [1.29, 1.82) is 0 Å². The molecule has 1 aromatic carbocycles. The van der Waals surface area contributed by atoms with Gasteiger partial charge in [0.1, 0.15) is 12.4 Å². The molecular weight excluding hydrogens is 270 g/mol. The number of methoxy groups -OCH3 is 1. The molecular formula is C12H18BrNO2. The third-order valence-corrected chi connectivity index (χ3v) is 2.95. The zero-order valence-corrected chi connectivity index (χ0v) is 11.3. The van der Waals surface area contributed by atoms with E-state index in [1.165, 1.54) is 0 Å². The summed E-state index contributed by atoms with van der Waals surface area (Å²) in [6, 6.07) is 5.99. The Morgan fingerprint density at radius 2 is 2.19 bits per heavy atom. The number of hydrogen-bond donors (Lipinski definition) is 1. The second-order valence-corrected chi connectivity index (χ2v) is 4.48. The molecule has 0 aliphatic rings. The van der Waals surface area contributed by atoms with Crippen molar-refractivity contribution < 1.29 is 9.47 Å². The van der Waals surface area contributed by atoms with Gasteiger partial charge in [0.15, 0.2) is 0 Å². The van der Waals surface area contributed by atoms with E-state index in [0.29, 0.717) is 13.2 Å². The molecule has 0 spiro atoms. The first-order chi connectivity index (χ1) is 7.69. The van der Waals surface area contributed by atoms with E-state index in [1.807, 2.05) is 25.1 Å². The van der Waals surface area contributed by atoms with Crippen LogP contribution >= 0.6 is 15.9 Å². The molecule has 2 N–H and O–H groups in total. The fraction of sp³-hybridized carbons (Fsp3) is 0.500. The average Bonchev–Trinajstić information content (AvgIpc) is 2.28. The van der Waals surface area contributed by atoms with Crippen molar-refractivity contribution in [3.8, 4) is 5.75 Å². The standard InChI is InChI=1S/C12H18BrNO2/c1-9(15-2)8-16-12-10(6-7-14)4-3-5-11(12)13/h3-5,9H,6-8,14H2,1-2H3. The van der Waals surface area contributed by atoms with Crippen LogP contribution in [0.5, 0.6) is 5.75 Å². The van der Waals surface area contributed by atoms with E-state index in [-0.39, 0.29) is 6.10 Å². The number of para-hydroxylation sites is 1. The highest BCUT2D eigenvalue weighted by molar-refractivity contribution is 9.10. The van der Waals surface area contributed by atoms with E-state index in [1.54, 1.807) is 7.11 Å². The minimum atomic E-state index is 0.0813. The summed E-state index contributed by atoms with van der Waals surface area (Å²) in [7, 11) is 1.68. The summed E-state index contributed by atoms with van der Waals surface area (Å²) in [5.41, 5.74) is 6.69. The van der Waals surface area contributed by atoms with E-state index in [2.05, 4.69) is 15.9 Å². The Morgan fingerprint density at radius 3 is 2.81 bits per heavy atom. The van der Waals surface area contributed by atoms with Gasteiger partial charge < -0.3 is 15.2 Å². The van der Waals surface area contributed by atoms with Crippen LogP contribution < -0.4 is 10.5 Å². The predicted molar refractivity (Wildman–Crippen MR) is 68.9 cm³/mol. The van der Waals surface area contributed by atoms with E-state index < -0.39 is 0 Å². The van der Waals surface area contributed by atoms with Gasteiger partial charge in [-0.15, -0.1) is 0 Å². The first kappa shape index (κ1) is 13.5. The van der Waals surface area contributed by atoms with Crippen molar-refractivity contribution in [3.05, 3.63) is 28.2 Å². The molecule has 4 heteroatoms. The van der Waals surface area contributed by atoms with Gasteiger partial charge in [0, 0.05) is 7.11 Å². The third kappa shape index (κ3) is 3.77. The van der Waals surface area contributed by atoms with Gasteiger partial charge in [-0.2, -0.15) is 0 Å². The lowest BCUT2D eigenvalue weighted by atomic mass is 10.1. The Morgan fingerprint density at radius 1 is 1.44 bits per heavy atom. The van der Waals surface area contributed by atoms with Crippen molar-refractivity contribution in [3.63, 3.8) is 0 Å². The van der Waals surface area contributed by atoms with Gasteiger partial charge in [-0.05, 0) is 47.4 Å². The molecule has 1 rings (SSSR count). The topological polar surface area (TPSA) is 44.5 Å². The zero-order valence-electron chi connectivity index (χ0n) is 9.70. The summed E-state index contributed by atoms with van der Waals surface area (Å²) >= 11 is 3.48. The van der Waals surface area contributed by atoms with Gasteiger partial charge in [0.05, 0.1) is 10.6 Å². The first-order valence-corrected chi connectivity index (χ1v) is 6.11. The molecule has 1 unspecified atom stereocenters. The van der Waals surface area contributed by atoms with Crippen LogP contribution in [0.2, 0.25) is 0 Å². The highest BCUT2D eigenvalue weighted by Gasteiger charge is 2.09. The van der Waals surface area contributed by atoms with Crippen LogP contribution in [-0.2, 0) is 11.2 Å². The normalized spacial score (nSPS) is 12.5. The number of halogens is 1. The van der Waals surface area contributed by atoms with Crippen molar-refractivity contribution in [2.75, 3.05) is 20.3 Å². The van der Waals surface area contributed by atoms with E-state index in [9.17, 15) is 0 Å². The molecule has 0 radical (unpaired) electrons. The summed E-state index contributed by atoms with van der Waals surface area (Å²) in [5.74, 6) is 0.872. The predicted octanol–water partition coefficient (Wildman–Crippen LogP) is 2.36. The van der Waals surface area contributed by atoms with Crippen molar-refractivity contribution >= 4 is 15.9 Å². The molecule has 3 nitrogen and oxygen atoms in total. The van der Waals surface area contributed by atoms with E-state index in [4.69, 9.17) is 15.2 Å². The van der Waals surface area contributed by atoms with Crippen molar-refractivity contribution in [2.45, 2.75) is 19.4 Å². The number of hydrogen-bond acceptors (Lipinski definition) is 3. The molecule has 1 aromatic rings. The molecule has 0 aliphatic heterocycles. The molecule has 0 saturated carbocycles. The monoisotopic (exact) mass is 287 g/mol. The highest BCUT2D eigenvalue weighted by Crippen LogP contribution is 2.29. The molecule has 90 valence electrons. The average molecular weight is 288 g/mol. The van der Waals surface area contributed by atoms with Crippen LogP contribution in [0.1, 0.15) is 12.5 Å². The molecule has 0 saturated heterocycles. The molecule has 0 bridgehead atoms. The zero-order chi connectivity index (χ0) is 12.0. The number of rotatable bonds is 6. The minimum absolute atomic E-state index is 0.0813. The van der Waals surface area contributed by atoms with Gasteiger partial charge in [-0.25, -0.2) is 0 Å². The lowest BCUT2D eigenvalue weighted by Gasteiger charge is -2.15. The fourth-order valence-electron chi connectivity index (χ4n) is 1.34. The molecule has 0 heterocycles. The van der Waals surface area contributed by atoms with Gasteiger partial charge in [-0.3, -0.25) is 0 Å². The van der Waals surface area contributed by atoms with Gasteiger partial charge in [-0.1, -0.05) is 12.1 Å². The van der Waals surface area contributed by atoms with Crippen LogP contribution in [0.15, 0.2) is 22.7 Å². The Balaban J connectivity index is 2.75. The minimum Gasteiger partial charge on any atom is -0.489 e. The summed E-state index contributed by atoms with van der Waals surface area (Å²) in [5, 5.41) is 0. The Kier molecular flexibility index (Phi) is 5.80. The summed E-state index contributed by atoms with van der Waals surface area (Å²) < 4.78 is 11.9. The molecule has 1 atom stereocenters. The second kappa shape index (κ2) is 6.89. The SMILES string of the molecule is COC(C)COc1c(Br)cccc1CCN. The van der Waals surface area contributed by atoms with Crippen LogP contribution in [0.25, 0.3) is 0 Å². The Hall–Kier alpha value is -0.580. The van der Waals surface area contributed by atoms with Crippen LogP contribution in [0.4, 0.5) is 0 Å². The van der Waals surface area contributed by atoms with Gasteiger partial charge >= 0.3 is 0 Å². The Labute approximate surface area is 105 Å². The molecule has 0 fully saturated rings. The van der Waals surface area contributed by atoms with E-state index >= 15 is 0 Å². The second-order valence-electron chi connectivity index (χ2n) is 3.62. The maximum absolute atomic E-state index is 5.75. The van der Waals surface area contributed by atoms with Crippen molar-refractivity contribution in [2.24, 2.45) is 5.73 Å².